The summed E-state index contributed by atoms with van der Waals surface area (Å²) in [6.07, 6.45) is -3.01. The van der Waals surface area contributed by atoms with Crippen LogP contribution >= 0.6 is 0 Å². The van der Waals surface area contributed by atoms with Crippen molar-refractivity contribution < 1.29 is 18.0 Å². The first kappa shape index (κ1) is 17.8. The quantitative estimate of drug-likeness (QED) is 0.671. The van der Waals surface area contributed by atoms with Gasteiger partial charge < -0.3 is 4.90 Å². The molecule has 2 aromatic carbocycles. The van der Waals surface area contributed by atoms with Crippen LogP contribution in [0.3, 0.4) is 0 Å². The summed E-state index contributed by atoms with van der Waals surface area (Å²) in [6.45, 7) is 3.35. The second-order valence-electron chi connectivity index (χ2n) is 6.04. The number of carbonyl (C=O) groups excluding carboxylic acids is 1. The Morgan fingerprint density at radius 2 is 1.85 bits per heavy atom. The Morgan fingerprint density at radius 3 is 2.46 bits per heavy atom. The van der Waals surface area contributed by atoms with Gasteiger partial charge in [-0.25, -0.2) is 9.97 Å². The van der Waals surface area contributed by atoms with Crippen molar-refractivity contribution in [2.75, 3.05) is 11.9 Å². The normalized spacial score (nSPS) is 11.6. The molecule has 0 aliphatic carbocycles. The molecule has 0 atom stereocenters. The maximum Gasteiger partial charge on any atom is 0.416 e. The van der Waals surface area contributed by atoms with Gasteiger partial charge in [0.2, 0.25) is 5.91 Å². The van der Waals surface area contributed by atoms with Crippen molar-refractivity contribution in [1.29, 1.82) is 0 Å². The lowest BCUT2D eigenvalue weighted by atomic mass is 10.1. The summed E-state index contributed by atoms with van der Waals surface area (Å²) >= 11 is 0. The van der Waals surface area contributed by atoms with E-state index >= 15 is 0 Å². The van der Waals surface area contributed by atoms with Crippen molar-refractivity contribution in [3.63, 3.8) is 0 Å². The number of nitrogens with zero attached hydrogens (tertiary/aromatic N) is 3. The van der Waals surface area contributed by atoms with Gasteiger partial charge >= 0.3 is 6.18 Å². The zero-order valence-corrected chi connectivity index (χ0v) is 14.4. The molecule has 7 heteroatoms. The summed E-state index contributed by atoms with van der Waals surface area (Å²) in [5.74, 6) is 0.334. The van der Waals surface area contributed by atoms with Crippen molar-refractivity contribution in [3.05, 3.63) is 53.7 Å². The summed E-state index contributed by atoms with van der Waals surface area (Å²) in [4.78, 5) is 21.6. The molecule has 0 spiro atoms. The Labute approximate surface area is 148 Å². The van der Waals surface area contributed by atoms with E-state index in [1.54, 1.807) is 24.1 Å². The van der Waals surface area contributed by atoms with Crippen LogP contribution < -0.4 is 4.90 Å². The topological polar surface area (TPSA) is 46.1 Å². The van der Waals surface area contributed by atoms with Crippen molar-refractivity contribution >= 4 is 22.5 Å². The molecule has 26 heavy (non-hydrogen) atoms. The molecule has 3 aromatic rings. The Bertz CT molecular complexity index is 999. The molecule has 4 nitrogen and oxygen atoms in total. The fourth-order valence-electron chi connectivity index (χ4n) is 2.69. The van der Waals surface area contributed by atoms with Crippen LogP contribution in [0.1, 0.15) is 18.1 Å². The van der Waals surface area contributed by atoms with E-state index < -0.39 is 11.7 Å². The average Bonchev–Trinajstić information content (AvgIpc) is 2.59. The summed E-state index contributed by atoms with van der Waals surface area (Å²) in [5, 5.41) is 0.327. The van der Waals surface area contributed by atoms with E-state index in [0.717, 1.165) is 28.9 Å². The Morgan fingerprint density at radius 1 is 1.12 bits per heavy atom. The summed E-state index contributed by atoms with van der Waals surface area (Å²) in [5.41, 5.74) is 2.08. The molecule has 1 amide bonds. The zero-order valence-electron chi connectivity index (χ0n) is 14.4. The smallest absolute Gasteiger partial charge is 0.315 e. The minimum atomic E-state index is -4.40. The molecule has 1 heterocycles. The number of alkyl halides is 3. The number of aryl methyl sites for hydroxylation is 1. The predicted molar refractivity (Wildman–Crippen MR) is 93.8 cm³/mol. The van der Waals surface area contributed by atoms with Gasteiger partial charge in [0, 0.05) is 36.8 Å². The van der Waals surface area contributed by atoms with E-state index in [0.29, 0.717) is 16.7 Å². The molecule has 0 aliphatic rings. The SMILES string of the molecule is CC(=O)N(C)c1ccc(-c2ncc3cc(C(F)(F)F)ccc3n2)cc1C. The summed E-state index contributed by atoms with van der Waals surface area (Å²) in [7, 11) is 1.69. The number of rotatable bonds is 2. The van der Waals surface area contributed by atoms with Crippen molar-refractivity contribution in [2.45, 2.75) is 20.0 Å². The number of benzene rings is 2. The highest BCUT2D eigenvalue weighted by Gasteiger charge is 2.30. The monoisotopic (exact) mass is 359 g/mol. The Kier molecular flexibility index (Phi) is 4.39. The van der Waals surface area contributed by atoms with E-state index in [1.807, 2.05) is 13.0 Å². The van der Waals surface area contributed by atoms with Crippen LogP contribution in [0.5, 0.6) is 0 Å². The predicted octanol–water partition coefficient (Wildman–Crippen LogP) is 4.61. The van der Waals surface area contributed by atoms with E-state index in [9.17, 15) is 18.0 Å². The number of aromatic nitrogens is 2. The molecular weight excluding hydrogens is 343 g/mol. The maximum absolute atomic E-state index is 12.8. The molecule has 0 unspecified atom stereocenters. The molecular formula is C19H16F3N3O. The number of anilines is 1. The van der Waals surface area contributed by atoms with Gasteiger partial charge in [0.05, 0.1) is 11.1 Å². The lowest BCUT2D eigenvalue weighted by Gasteiger charge is -2.18. The van der Waals surface area contributed by atoms with Gasteiger partial charge in [-0.2, -0.15) is 13.2 Å². The highest BCUT2D eigenvalue weighted by atomic mass is 19.4. The second kappa shape index (κ2) is 6.40. The Hall–Kier alpha value is -2.96. The van der Waals surface area contributed by atoms with Gasteiger partial charge in [0.25, 0.3) is 0 Å². The molecule has 0 N–H and O–H groups in total. The third-order valence-corrected chi connectivity index (χ3v) is 4.20. The van der Waals surface area contributed by atoms with Crippen molar-refractivity contribution in [1.82, 2.24) is 9.97 Å². The highest BCUT2D eigenvalue weighted by molar-refractivity contribution is 5.92. The molecule has 0 saturated heterocycles. The van der Waals surface area contributed by atoms with Crippen LogP contribution in [0.15, 0.2) is 42.6 Å². The van der Waals surface area contributed by atoms with E-state index in [-0.39, 0.29) is 5.91 Å². The minimum absolute atomic E-state index is 0.0803. The van der Waals surface area contributed by atoms with E-state index in [4.69, 9.17) is 0 Å². The largest absolute Gasteiger partial charge is 0.416 e. The first-order valence-electron chi connectivity index (χ1n) is 7.86. The molecule has 0 saturated carbocycles. The number of halogens is 3. The summed E-state index contributed by atoms with van der Waals surface area (Å²) < 4.78 is 38.4. The van der Waals surface area contributed by atoms with Gasteiger partial charge in [-0.15, -0.1) is 0 Å². The van der Waals surface area contributed by atoms with E-state index in [1.165, 1.54) is 19.2 Å². The average molecular weight is 359 g/mol. The zero-order chi connectivity index (χ0) is 19.1. The molecule has 0 aliphatic heterocycles. The number of amides is 1. The molecule has 0 fully saturated rings. The van der Waals surface area contributed by atoms with Gasteiger partial charge in [-0.05, 0) is 48.9 Å². The first-order valence-corrected chi connectivity index (χ1v) is 7.86. The van der Waals surface area contributed by atoms with Crippen molar-refractivity contribution in [3.8, 4) is 11.4 Å². The van der Waals surface area contributed by atoms with Crippen LogP contribution in [-0.4, -0.2) is 22.9 Å². The minimum Gasteiger partial charge on any atom is -0.315 e. The first-order chi connectivity index (χ1) is 12.2. The highest BCUT2D eigenvalue weighted by Crippen LogP contribution is 2.31. The third kappa shape index (κ3) is 3.37. The fraction of sp³-hybridized carbons (Fsp3) is 0.211. The second-order valence-corrected chi connectivity index (χ2v) is 6.04. The lowest BCUT2D eigenvalue weighted by molar-refractivity contribution is -0.137. The number of hydrogen-bond acceptors (Lipinski definition) is 3. The third-order valence-electron chi connectivity index (χ3n) is 4.20. The molecule has 3 rings (SSSR count). The van der Waals surface area contributed by atoms with Crippen LogP contribution in [0.2, 0.25) is 0 Å². The van der Waals surface area contributed by atoms with Gasteiger partial charge in [0.15, 0.2) is 5.82 Å². The fourth-order valence-corrected chi connectivity index (χ4v) is 2.69. The van der Waals surface area contributed by atoms with Crippen LogP contribution in [-0.2, 0) is 11.0 Å². The summed E-state index contributed by atoms with van der Waals surface area (Å²) in [6, 6.07) is 8.82. The van der Waals surface area contributed by atoms with Crippen LogP contribution in [0.4, 0.5) is 18.9 Å². The lowest BCUT2D eigenvalue weighted by Crippen LogP contribution is -2.23. The molecule has 134 valence electrons. The van der Waals surface area contributed by atoms with Crippen LogP contribution in [0, 0.1) is 6.92 Å². The number of carbonyl (C=O) groups is 1. The van der Waals surface area contributed by atoms with Gasteiger partial charge in [-0.3, -0.25) is 4.79 Å². The number of fused-ring (bicyclic) bond motifs is 1. The Balaban J connectivity index is 2.01. The van der Waals surface area contributed by atoms with Gasteiger partial charge in [-0.1, -0.05) is 0 Å². The van der Waals surface area contributed by atoms with Gasteiger partial charge in [0.1, 0.15) is 0 Å². The number of hydrogen-bond donors (Lipinski definition) is 0. The van der Waals surface area contributed by atoms with Crippen LogP contribution in [0.25, 0.3) is 22.3 Å². The standard InChI is InChI=1S/C19H16F3N3O/c1-11-8-13(4-7-17(11)25(3)12(2)26)18-23-10-14-9-15(19(20,21)22)5-6-16(14)24-18/h4-10H,1-3H3. The van der Waals surface area contributed by atoms with Crippen molar-refractivity contribution in [2.24, 2.45) is 0 Å². The van der Waals surface area contributed by atoms with E-state index in [2.05, 4.69) is 9.97 Å². The molecule has 1 aromatic heterocycles. The molecule has 0 bridgehead atoms. The maximum atomic E-state index is 12.8. The molecule has 0 radical (unpaired) electrons.